The van der Waals surface area contributed by atoms with Gasteiger partial charge in [0.15, 0.2) is 11.5 Å². The topological polar surface area (TPSA) is 84.2 Å². The number of aryl methyl sites for hydroxylation is 1. The minimum Gasteiger partial charge on any atom is -0.486 e. The summed E-state index contributed by atoms with van der Waals surface area (Å²) in [5.74, 6) is 1.54. The molecular weight excluding hydrogens is 326 g/mol. The molecule has 0 bridgehead atoms. The summed E-state index contributed by atoms with van der Waals surface area (Å²) in [6.07, 6.45) is 0.797. The summed E-state index contributed by atoms with van der Waals surface area (Å²) < 4.78 is 15.2. The number of fused-ring (bicyclic) bond motifs is 1. The molecule has 1 fully saturated rings. The maximum absolute atomic E-state index is 12.4. The third-order valence-corrected chi connectivity index (χ3v) is 5.19. The van der Waals surface area contributed by atoms with Crippen LogP contribution >= 0.6 is 11.5 Å². The number of rotatable bonds is 3. The number of ether oxygens (including phenoxy) is 2. The van der Waals surface area contributed by atoms with Gasteiger partial charge in [0.25, 0.3) is 0 Å². The maximum atomic E-state index is 12.4. The molecule has 1 aliphatic carbocycles. The number of hydrogen-bond acceptors (Lipinski definition) is 6. The van der Waals surface area contributed by atoms with Crippen molar-refractivity contribution in [1.29, 1.82) is 5.26 Å². The van der Waals surface area contributed by atoms with E-state index in [1.807, 2.05) is 18.2 Å². The SMILES string of the molecule is Cc1nsc(NC(=O)C2CC2c2ccc3c(c2)OCCO3)c1C#N. The molecule has 122 valence electrons. The fourth-order valence-electron chi connectivity index (χ4n) is 2.94. The molecule has 1 aromatic heterocycles. The van der Waals surface area contributed by atoms with E-state index in [1.54, 1.807) is 6.92 Å². The van der Waals surface area contributed by atoms with Gasteiger partial charge < -0.3 is 14.8 Å². The molecule has 2 atom stereocenters. The molecule has 2 heterocycles. The van der Waals surface area contributed by atoms with E-state index >= 15 is 0 Å². The molecule has 24 heavy (non-hydrogen) atoms. The minimum absolute atomic E-state index is 0.0601. The fraction of sp³-hybridized carbons (Fsp3) is 0.353. The number of aromatic nitrogens is 1. The highest BCUT2D eigenvalue weighted by Crippen LogP contribution is 2.50. The Bertz CT molecular complexity index is 855. The highest BCUT2D eigenvalue weighted by molar-refractivity contribution is 7.10. The van der Waals surface area contributed by atoms with Crippen molar-refractivity contribution >= 4 is 22.4 Å². The van der Waals surface area contributed by atoms with Gasteiger partial charge in [0.1, 0.15) is 29.8 Å². The van der Waals surface area contributed by atoms with Gasteiger partial charge >= 0.3 is 0 Å². The highest BCUT2D eigenvalue weighted by Gasteiger charge is 2.44. The van der Waals surface area contributed by atoms with Crippen molar-refractivity contribution in [2.24, 2.45) is 5.92 Å². The van der Waals surface area contributed by atoms with Crippen LogP contribution < -0.4 is 14.8 Å². The summed E-state index contributed by atoms with van der Waals surface area (Å²) in [6.45, 7) is 2.88. The molecule has 1 N–H and O–H groups in total. The zero-order valence-corrected chi connectivity index (χ0v) is 13.9. The zero-order chi connectivity index (χ0) is 16.7. The Kier molecular flexibility index (Phi) is 3.62. The third kappa shape index (κ3) is 2.59. The molecule has 2 aromatic rings. The molecule has 1 aliphatic heterocycles. The molecule has 1 aromatic carbocycles. The number of carbonyl (C=O) groups excluding carboxylic acids is 1. The van der Waals surface area contributed by atoms with Gasteiger partial charge in [-0.25, -0.2) is 0 Å². The number of nitrogens with one attached hydrogen (secondary N) is 1. The Morgan fingerprint density at radius 2 is 2.17 bits per heavy atom. The van der Waals surface area contributed by atoms with E-state index in [9.17, 15) is 4.79 Å². The first-order valence-corrected chi connectivity index (χ1v) is 8.51. The van der Waals surface area contributed by atoms with Crippen LogP contribution in [0.5, 0.6) is 11.5 Å². The second-order valence-electron chi connectivity index (χ2n) is 5.92. The largest absolute Gasteiger partial charge is 0.486 e. The van der Waals surface area contributed by atoms with Gasteiger partial charge in [-0.05, 0) is 48.5 Å². The predicted molar refractivity (Wildman–Crippen MR) is 88.5 cm³/mol. The molecule has 0 saturated heterocycles. The summed E-state index contributed by atoms with van der Waals surface area (Å²) in [7, 11) is 0. The molecule has 0 spiro atoms. The lowest BCUT2D eigenvalue weighted by Gasteiger charge is -2.18. The van der Waals surface area contributed by atoms with Crippen LogP contribution in [0.2, 0.25) is 0 Å². The van der Waals surface area contributed by atoms with Crippen molar-refractivity contribution in [2.75, 3.05) is 18.5 Å². The van der Waals surface area contributed by atoms with Crippen LogP contribution in [0.4, 0.5) is 5.00 Å². The van der Waals surface area contributed by atoms with Gasteiger partial charge in [0.2, 0.25) is 5.91 Å². The van der Waals surface area contributed by atoms with Crippen molar-refractivity contribution in [2.45, 2.75) is 19.3 Å². The lowest BCUT2D eigenvalue weighted by molar-refractivity contribution is -0.117. The van der Waals surface area contributed by atoms with Crippen molar-refractivity contribution in [3.05, 3.63) is 35.0 Å². The second kappa shape index (κ2) is 5.80. The van der Waals surface area contributed by atoms with Crippen LogP contribution in [0.15, 0.2) is 18.2 Å². The fourth-order valence-corrected chi connectivity index (χ4v) is 3.69. The zero-order valence-electron chi connectivity index (χ0n) is 13.0. The van der Waals surface area contributed by atoms with E-state index in [0.717, 1.165) is 35.0 Å². The third-order valence-electron chi connectivity index (χ3n) is 4.33. The van der Waals surface area contributed by atoms with Crippen LogP contribution in [0.1, 0.15) is 29.2 Å². The van der Waals surface area contributed by atoms with E-state index in [2.05, 4.69) is 15.8 Å². The molecule has 1 saturated carbocycles. The average Bonchev–Trinajstić information content (AvgIpc) is 3.33. The molecule has 7 heteroatoms. The Labute approximate surface area is 143 Å². The standard InChI is InChI=1S/C17H15N3O3S/c1-9-13(8-18)17(24-20-9)19-16(21)12-7-11(12)10-2-3-14-15(6-10)23-5-4-22-14/h2-3,6,11-12H,4-5,7H2,1H3,(H,19,21). The molecule has 0 radical (unpaired) electrons. The quantitative estimate of drug-likeness (QED) is 0.928. The summed E-state index contributed by atoms with van der Waals surface area (Å²) >= 11 is 1.15. The van der Waals surface area contributed by atoms with Crippen molar-refractivity contribution in [3.63, 3.8) is 0 Å². The molecule has 2 unspecified atom stereocenters. The van der Waals surface area contributed by atoms with Crippen LogP contribution in [0.3, 0.4) is 0 Å². The number of benzene rings is 1. The van der Waals surface area contributed by atoms with Crippen LogP contribution in [-0.4, -0.2) is 23.5 Å². The molecule has 1 amide bonds. The van der Waals surface area contributed by atoms with Gasteiger partial charge in [-0.1, -0.05) is 6.07 Å². The first-order chi connectivity index (χ1) is 11.7. The van der Waals surface area contributed by atoms with Gasteiger partial charge in [0.05, 0.1) is 5.69 Å². The number of nitrogens with zero attached hydrogens (tertiary/aromatic N) is 2. The highest BCUT2D eigenvalue weighted by atomic mass is 32.1. The van der Waals surface area contributed by atoms with E-state index in [1.165, 1.54) is 0 Å². The molecule has 4 rings (SSSR count). The number of amides is 1. The van der Waals surface area contributed by atoms with E-state index in [-0.39, 0.29) is 17.7 Å². The number of hydrogen-bond donors (Lipinski definition) is 1. The first kappa shape index (κ1) is 15.0. The molecule has 2 aliphatic rings. The van der Waals surface area contributed by atoms with Crippen LogP contribution in [0.25, 0.3) is 0 Å². The van der Waals surface area contributed by atoms with Crippen molar-refractivity contribution in [1.82, 2.24) is 4.37 Å². The summed E-state index contributed by atoms with van der Waals surface area (Å²) in [5.41, 5.74) is 2.18. The predicted octanol–water partition coefficient (Wildman–Crippen LogP) is 2.84. The molecular formula is C17H15N3O3S. The lowest BCUT2D eigenvalue weighted by atomic mass is 10.1. The second-order valence-corrected chi connectivity index (χ2v) is 6.70. The Balaban J connectivity index is 1.46. The van der Waals surface area contributed by atoms with Crippen molar-refractivity contribution in [3.8, 4) is 17.6 Å². The Morgan fingerprint density at radius 3 is 2.96 bits per heavy atom. The Hall–Kier alpha value is -2.59. The summed E-state index contributed by atoms with van der Waals surface area (Å²) in [6, 6.07) is 7.94. The lowest BCUT2D eigenvalue weighted by Crippen LogP contribution is -2.16. The van der Waals surface area contributed by atoms with Crippen LogP contribution in [0, 0.1) is 24.2 Å². The van der Waals surface area contributed by atoms with Gasteiger partial charge in [-0.3, -0.25) is 4.79 Å². The van der Waals surface area contributed by atoms with Gasteiger partial charge in [-0.15, -0.1) is 0 Å². The van der Waals surface area contributed by atoms with E-state index in [4.69, 9.17) is 14.7 Å². The van der Waals surface area contributed by atoms with Crippen molar-refractivity contribution < 1.29 is 14.3 Å². The normalized spacial score (nSPS) is 21.0. The summed E-state index contributed by atoms with van der Waals surface area (Å²) in [5, 5.41) is 12.5. The van der Waals surface area contributed by atoms with Gasteiger partial charge in [-0.2, -0.15) is 9.64 Å². The first-order valence-electron chi connectivity index (χ1n) is 7.74. The number of anilines is 1. The molecule has 6 nitrogen and oxygen atoms in total. The van der Waals surface area contributed by atoms with Crippen LogP contribution in [-0.2, 0) is 4.79 Å². The minimum atomic E-state index is -0.0819. The Morgan fingerprint density at radius 1 is 1.38 bits per heavy atom. The smallest absolute Gasteiger partial charge is 0.228 e. The average molecular weight is 341 g/mol. The summed E-state index contributed by atoms with van der Waals surface area (Å²) in [4.78, 5) is 12.4. The monoisotopic (exact) mass is 341 g/mol. The van der Waals surface area contributed by atoms with Gasteiger partial charge in [0, 0.05) is 5.92 Å². The van der Waals surface area contributed by atoms with E-state index < -0.39 is 0 Å². The number of nitriles is 1. The number of carbonyl (C=O) groups is 1. The van der Waals surface area contributed by atoms with E-state index in [0.29, 0.717) is 29.5 Å². The maximum Gasteiger partial charge on any atom is 0.228 e.